The molecule has 0 radical (unpaired) electrons. The lowest BCUT2D eigenvalue weighted by Gasteiger charge is -2.38. The van der Waals surface area contributed by atoms with Crippen LogP contribution in [-0.2, 0) is 10.3 Å². The first kappa shape index (κ1) is 13.8. The van der Waals surface area contributed by atoms with Crippen molar-refractivity contribution >= 4 is 0 Å². The van der Waals surface area contributed by atoms with Gasteiger partial charge in [0.05, 0.1) is 5.69 Å². The van der Waals surface area contributed by atoms with Gasteiger partial charge in [-0.2, -0.15) is 0 Å². The third kappa shape index (κ3) is 2.66. The zero-order chi connectivity index (χ0) is 14.2. The third-order valence-corrected chi connectivity index (χ3v) is 4.57. The minimum Gasteiger partial charge on any atom is -0.367 e. The molecular formula is C16H24N2O2. The smallest absolute Gasteiger partial charge is 0.251 e. The molecule has 1 heterocycles. The summed E-state index contributed by atoms with van der Waals surface area (Å²) in [6.45, 7) is 4.93. The molecule has 0 bridgehead atoms. The fourth-order valence-corrected chi connectivity index (χ4v) is 3.47. The minimum absolute atomic E-state index is 0.0331. The van der Waals surface area contributed by atoms with Crippen molar-refractivity contribution < 1.29 is 4.74 Å². The summed E-state index contributed by atoms with van der Waals surface area (Å²) in [6.07, 6.45) is 6.61. The van der Waals surface area contributed by atoms with E-state index in [9.17, 15) is 4.79 Å². The molecule has 3 rings (SSSR count). The molecule has 1 aromatic heterocycles. The first-order valence-electron chi connectivity index (χ1n) is 7.88. The quantitative estimate of drug-likeness (QED) is 0.919. The summed E-state index contributed by atoms with van der Waals surface area (Å²) in [5, 5.41) is 0. The lowest BCUT2D eigenvalue weighted by Crippen LogP contribution is -2.38. The van der Waals surface area contributed by atoms with E-state index in [1.807, 2.05) is 6.92 Å². The number of hydrogen-bond acceptors (Lipinski definition) is 3. The number of H-pyrrole nitrogens is 1. The molecule has 0 spiro atoms. The Morgan fingerprint density at radius 2 is 2.25 bits per heavy atom. The number of aromatic amines is 1. The van der Waals surface area contributed by atoms with Crippen LogP contribution in [0.3, 0.4) is 0 Å². The van der Waals surface area contributed by atoms with Crippen LogP contribution in [0.15, 0.2) is 10.9 Å². The fourth-order valence-electron chi connectivity index (χ4n) is 3.47. The summed E-state index contributed by atoms with van der Waals surface area (Å²) in [7, 11) is 0. The first-order valence-corrected chi connectivity index (χ1v) is 7.88. The van der Waals surface area contributed by atoms with Gasteiger partial charge >= 0.3 is 0 Å². The Morgan fingerprint density at radius 1 is 1.45 bits per heavy atom. The van der Waals surface area contributed by atoms with Crippen molar-refractivity contribution in [2.24, 2.45) is 5.92 Å². The van der Waals surface area contributed by atoms with Crippen molar-refractivity contribution in [3.8, 4) is 0 Å². The molecule has 4 nitrogen and oxygen atoms in total. The Balaban J connectivity index is 2.00. The van der Waals surface area contributed by atoms with Crippen LogP contribution in [-0.4, -0.2) is 16.6 Å². The van der Waals surface area contributed by atoms with Crippen molar-refractivity contribution in [2.45, 2.75) is 63.9 Å². The van der Waals surface area contributed by atoms with Gasteiger partial charge in [-0.3, -0.25) is 4.79 Å². The minimum atomic E-state index is -0.378. The SMILES string of the molecule is CCOC1(c2nc(C3CC3)cc(=O)[nH]2)CCCC(C)C1. The van der Waals surface area contributed by atoms with E-state index in [-0.39, 0.29) is 11.2 Å². The van der Waals surface area contributed by atoms with Crippen LogP contribution in [0.4, 0.5) is 0 Å². The third-order valence-electron chi connectivity index (χ3n) is 4.57. The maximum atomic E-state index is 12.0. The highest BCUT2D eigenvalue weighted by molar-refractivity contribution is 5.17. The molecule has 2 aliphatic carbocycles. The normalized spacial score (nSPS) is 30.4. The van der Waals surface area contributed by atoms with Gasteiger partial charge in [-0.05, 0) is 44.9 Å². The molecule has 20 heavy (non-hydrogen) atoms. The maximum Gasteiger partial charge on any atom is 0.251 e. The van der Waals surface area contributed by atoms with E-state index in [4.69, 9.17) is 9.72 Å². The molecule has 0 saturated heterocycles. The predicted octanol–water partition coefficient (Wildman–Crippen LogP) is 3.09. The van der Waals surface area contributed by atoms with Gasteiger partial charge in [0.1, 0.15) is 11.4 Å². The monoisotopic (exact) mass is 276 g/mol. The number of hydrogen-bond donors (Lipinski definition) is 1. The Labute approximate surface area is 120 Å². The summed E-state index contributed by atoms with van der Waals surface area (Å²) in [6, 6.07) is 1.66. The second kappa shape index (κ2) is 5.32. The van der Waals surface area contributed by atoms with Crippen molar-refractivity contribution in [1.82, 2.24) is 9.97 Å². The van der Waals surface area contributed by atoms with Gasteiger partial charge in [0.15, 0.2) is 0 Å². The molecule has 2 aliphatic rings. The number of nitrogens with one attached hydrogen (secondary N) is 1. The maximum absolute atomic E-state index is 12.0. The van der Waals surface area contributed by atoms with E-state index >= 15 is 0 Å². The molecular weight excluding hydrogens is 252 g/mol. The van der Waals surface area contributed by atoms with E-state index in [0.717, 1.165) is 43.6 Å². The summed E-state index contributed by atoms with van der Waals surface area (Å²) < 4.78 is 6.10. The number of ether oxygens (including phenoxy) is 1. The molecule has 2 unspecified atom stereocenters. The molecule has 1 N–H and O–H groups in total. The Morgan fingerprint density at radius 3 is 2.90 bits per heavy atom. The average Bonchev–Trinajstić information content (AvgIpc) is 3.22. The topological polar surface area (TPSA) is 55.0 Å². The van der Waals surface area contributed by atoms with Gasteiger partial charge in [-0.15, -0.1) is 0 Å². The van der Waals surface area contributed by atoms with Gasteiger partial charge < -0.3 is 9.72 Å². The van der Waals surface area contributed by atoms with Crippen LogP contribution in [0.25, 0.3) is 0 Å². The summed E-state index contributed by atoms with van der Waals surface area (Å²) in [5.41, 5.74) is 0.548. The van der Waals surface area contributed by atoms with Crippen LogP contribution in [0.2, 0.25) is 0 Å². The molecule has 0 amide bonds. The molecule has 1 aromatic rings. The van der Waals surface area contributed by atoms with E-state index in [0.29, 0.717) is 18.4 Å². The van der Waals surface area contributed by atoms with Crippen molar-refractivity contribution in [1.29, 1.82) is 0 Å². The summed E-state index contributed by atoms with van der Waals surface area (Å²) in [5.74, 6) is 1.88. The summed E-state index contributed by atoms with van der Waals surface area (Å²) in [4.78, 5) is 19.7. The molecule has 2 fully saturated rings. The van der Waals surface area contributed by atoms with E-state index < -0.39 is 0 Å². The van der Waals surface area contributed by atoms with Crippen molar-refractivity contribution in [3.05, 3.63) is 27.9 Å². The molecule has 4 heteroatoms. The summed E-state index contributed by atoms with van der Waals surface area (Å²) >= 11 is 0. The van der Waals surface area contributed by atoms with Crippen molar-refractivity contribution in [2.75, 3.05) is 6.61 Å². The molecule has 0 aliphatic heterocycles. The van der Waals surface area contributed by atoms with E-state index in [2.05, 4.69) is 11.9 Å². The van der Waals surface area contributed by atoms with Gasteiger partial charge in [0.25, 0.3) is 5.56 Å². The number of aromatic nitrogens is 2. The highest BCUT2D eigenvalue weighted by atomic mass is 16.5. The zero-order valence-corrected chi connectivity index (χ0v) is 12.4. The van der Waals surface area contributed by atoms with Gasteiger partial charge in [-0.25, -0.2) is 4.98 Å². The number of nitrogens with zero attached hydrogens (tertiary/aromatic N) is 1. The van der Waals surface area contributed by atoms with Crippen LogP contribution in [0.1, 0.15) is 69.8 Å². The lowest BCUT2D eigenvalue weighted by molar-refractivity contribution is -0.0883. The van der Waals surface area contributed by atoms with Crippen LogP contribution in [0, 0.1) is 5.92 Å². The Bertz CT molecular complexity index is 532. The van der Waals surface area contributed by atoms with Crippen LogP contribution >= 0.6 is 0 Å². The Kier molecular flexibility index (Phi) is 3.67. The van der Waals surface area contributed by atoms with Crippen LogP contribution < -0.4 is 5.56 Å². The second-order valence-corrected chi connectivity index (χ2v) is 6.42. The van der Waals surface area contributed by atoms with E-state index in [1.165, 1.54) is 6.42 Å². The fraction of sp³-hybridized carbons (Fsp3) is 0.750. The molecule has 2 atom stereocenters. The highest BCUT2D eigenvalue weighted by Gasteiger charge is 2.40. The standard InChI is InChI=1S/C16H24N2O2/c1-3-20-16(8-4-5-11(2)10-16)15-17-13(12-6-7-12)9-14(19)18-15/h9,11-12H,3-8,10H2,1-2H3,(H,17,18,19). The van der Waals surface area contributed by atoms with Gasteiger partial charge in [-0.1, -0.05) is 13.3 Å². The van der Waals surface area contributed by atoms with Gasteiger partial charge in [0, 0.05) is 18.6 Å². The first-order chi connectivity index (χ1) is 9.63. The number of rotatable bonds is 4. The molecule has 2 saturated carbocycles. The average molecular weight is 276 g/mol. The highest BCUT2D eigenvalue weighted by Crippen LogP contribution is 2.43. The van der Waals surface area contributed by atoms with Gasteiger partial charge in [0.2, 0.25) is 0 Å². The second-order valence-electron chi connectivity index (χ2n) is 6.42. The largest absolute Gasteiger partial charge is 0.367 e. The lowest BCUT2D eigenvalue weighted by atomic mass is 9.78. The molecule has 110 valence electrons. The van der Waals surface area contributed by atoms with Crippen LogP contribution in [0.5, 0.6) is 0 Å². The zero-order valence-electron chi connectivity index (χ0n) is 12.4. The Hall–Kier alpha value is -1.16. The van der Waals surface area contributed by atoms with E-state index in [1.54, 1.807) is 6.07 Å². The molecule has 0 aromatic carbocycles. The predicted molar refractivity (Wildman–Crippen MR) is 77.8 cm³/mol. The van der Waals surface area contributed by atoms with Crippen molar-refractivity contribution in [3.63, 3.8) is 0 Å².